The molecule has 1 unspecified atom stereocenters. The Morgan fingerprint density at radius 2 is 1.77 bits per heavy atom. The van der Waals surface area contributed by atoms with Crippen molar-refractivity contribution in [2.75, 3.05) is 13.2 Å². The lowest BCUT2D eigenvalue weighted by molar-refractivity contribution is -0.146. The third-order valence-electron chi connectivity index (χ3n) is 1.60. The Labute approximate surface area is 78.7 Å². The lowest BCUT2D eigenvalue weighted by atomic mass is 10.1. The standard InChI is InChI=1S/C9H17NO3/c1-4-7(8(10)12-5-2)9(11)13-6-3/h7,10H,4-6H2,1-3H3. The monoisotopic (exact) mass is 187 g/mol. The Bertz CT molecular complexity index is 162. The number of hydrogen-bond acceptors (Lipinski definition) is 4. The summed E-state index contributed by atoms with van der Waals surface area (Å²) in [5.74, 6) is -0.910. The molecular formula is C9H17NO3. The van der Waals surface area contributed by atoms with E-state index in [1.54, 1.807) is 13.8 Å². The summed E-state index contributed by atoms with van der Waals surface area (Å²) in [5.41, 5.74) is 0. The zero-order chi connectivity index (χ0) is 10.3. The van der Waals surface area contributed by atoms with Crippen LogP contribution in [0.25, 0.3) is 0 Å². The molecule has 0 amide bonds. The first-order valence-corrected chi connectivity index (χ1v) is 4.55. The van der Waals surface area contributed by atoms with Crippen molar-refractivity contribution in [2.45, 2.75) is 27.2 Å². The Morgan fingerprint density at radius 1 is 1.23 bits per heavy atom. The molecule has 1 atom stereocenters. The van der Waals surface area contributed by atoms with Gasteiger partial charge < -0.3 is 9.47 Å². The van der Waals surface area contributed by atoms with Gasteiger partial charge in [0.2, 0.25) is 0 Å². The van der Waals surface area contributed by atoms with E-state index < -0.39 is 5.92 Å². The normalized spacial score (nSPS) is 11.9. The largest absolute Gasteiger partial charge is 0.481 e. The lowest BCUT2D eigenvalue weighted by Gasteiger charge is -2.14. The molecule has 0 rings (SSSR count). The molecule has 1 N–H and O–H groups in total. The summed E-state index contributed by atoms with van der Waals surface area (Å²) in [7, 11) is 0. The second-order valence-electron chi connectivity index (χ2n) is 2.51. The predicted octanol–water partition coefficient (Wildman–Crippen LogP) is 1.59. The molecule has 13 heavy (non-hydrogen) atoms. The first-order chi connectivity index (χ1) is 6.17. The van der Waals surface area contributed by atoms with Gasteiger partial charge in [-0.25, -0.2) is 0 Å². The van der Waals surface area contributed by atoms with E-state index in [-0.39, 0.29) is 11.9 Å². The van der Waals surface area contributed by atoms with Crippen molar-refractivity contribution in [1.29, 1.82) is 5.41 Å². The third kappa shape index (κ3) is 3.92. The van der Waals surface area contributed by atoms with Crippen LogP contribution in [-0.4, -0.2) is 25.1 Å². The smallest absolute Gasteiger partial charge is 0.318 e. The van der Waals surface area contributed by atoms with Crippen molar-refractivity contribution in [1.82, 2.24) is 0 Å². The fraction of sp³-hybridized carbons (Fsp3) is 0.778. The Balaban J connectivity index is 4.15. The van der Waals surface area contributed by atoms with Crippen molar-refractivity contribution in [3.63, 3.8) is 0 Å². The van der Waals surface area contributed by atoms with E-state index in [1.807, 2.05) is 6.92 Å². The summed E-state index contributed by atoms with van der Waals surface area (Å²) in [5, 5.41) is 7.43. The molecule has 0 heterocycles. The summed E-state index contributed by atoms with van der Waals surface area (Å²) in [6.45, 7) is 6.11. The molecule has 0 saturated heterocycles. The second kappa shape index (κ2) is 6.46. The highest BCUT2D eigenvalue weighted by Crippen LogP contribution is 2.08. The van der Waals surface area contributed by atoms with Gasteiger partial charge in [0.1, 0.15) is 5.92 Å². The summed E-state index contributed by atoms with van der Waals surface area (Å²) >= 11 is 0. The second-order valence-corrected chi connectivity index (χ2v) is 2.51. The summed E-state index contributed by atoms with van der Waals surface area (Å²) in [4.78, 5) is 11.2. The van der Waals surface area contributed by atoms with Gasteiger partial charge in [-0.05, 0) is 20.3 Å². The highest BCUT2D eigenvalue weighted by molar-refractivity contribution is 5.96. The molecular weight excluding hydrogens is 170 g/mol. The Hall–Kier alpha value is -1.06. The van der Waals surface area contributed by atoms with Gasteiger partial charge in [-0.3, -0.25) is 10.2 Å². The highest BCUT2D eigenvalue weighted by Gasteiger charge is 2.23. The van der Waals surface area contributed by atoms with Crippen LogP contribution in [0.1, 0.15) is 27.2 Å². The highest BCUT2D eigenvalue weighted by atomic mass is 16.5. The van der Waals surface area contributed by atoms with E-state index in [0.717, 1.165) is 0 Å². The van der Waals surface area contributed by atoms with Crippen molar-refractivity contribution in [2.24, 2.45) is 5.92 Å². The maximum Gasteiger partial charge on any atom is 0.318 e. The van der Waals surface area contributed by atoms with Crippen molar-refractivity contribution >= 4 is 11.9 Å². The van der Waals surface area contributed by atoms with Gasteiger partial charge in [0.25, 0.3) is 0 Å². The number of hydrogen-bond donors (Lipinski definition) is 1. The summed E-state index contributed by atoms with van der Waals surface area (Å²) in [6.07, 6.45) is 0.539. The molecule has 0 aliphatic carbocycles. The van der Waals surface area contributed by atoms with Crippen molar-refractivity contribution in [3.8, 4) is 0 Å². The van der Waals surface area contributed by atoms with E-state index in [0.29, 0.717) is 19.6 Å². The minimum absolute atomic E-state index is 0.00319. The maximum absolute atomic E-state index is 11.2. The molecule has 0 aromatic heterocycles. The molecule has 0 aliphatic rings. The topological polar surface area (TPSA) is 59.4 Å². The van der Waals surface area contributed by atoms with E-state index in [9.17, 15) is 4.79 Å². The van der Waals surface area contributed by atoms with Crippen LogP contribution in [0.4, 0.5) is 0 Å². The molecule has 0 bridgehead atoms. The molecule has 0 radical (unpaired) electrons. The van der Waals surface area contributed by atoms with Gasteiger partial charge in [-0.2, -0.15) is 0 Å². The van der Waals surface area contributed by atoms with Gasteiger partial charge in [-0.1, -0.05) is 6.92 Å². The first-order valence-electron chi connectivity index (χ1n) is 4.55. The SMILES string of the molecule is CCOC(=N)C(CC)C(=O)OCC. The van der Waals surface area contributed by atoms with Crippen LogP contribution in [-0.2, 0) is 14.3 Å². The minimum Gasteiger partial charge on any atom is -0.481 e. The van der Waals surface area contributed by atoms with Gasteiger partial charge >= 0.3 is 5.97 Å². The minimum atomic E-state index is -0.542. The van der Waals surface area contributed by atoms with Gasteiger partial charge in [0, 0.05) is 0 Å². The zero-order valence-corrected chi connectivity index (χ0v) is 8.42. The van der Waals surface area contributed by atoms with Gasteiger partial charge in [0.15, 0.2) is 5.90 Å². The van der Waals surface area contributed by atoms with Gasteiger partial charge in [-0.15, -0.1) is 0 Å². The van der Waals surface area contributed by atoms with E-state index in [1.165, 1.54) is 0 Å². The van der Waals surface area contributed by atoms with E-state index >= 15 is 0 Å². The van der Waals surface area contributed by atoms with E-state index in [4.69, 9.17) is 14.9 Å². The van der Waals surface area contributed by atoms with Crippen LogP contribution in [0.5, 0.6) is 0 Å². The number of ether oxygens (including phenoxy) is 2. The molecule has 0 spiro atoms. The van der Waals surface area contributed by atoms with E-state index in [2.05, 4.69) is 0 Å². The maximum atomic E-state index is 11.2. The van der Waals surface area contributed by atoms with Crippen LogP contribution in [0, 0.1) is 11.3 Å². The van der Waals surface area contributed by atoms with Crippen LogP contribution in [0.15, 0.2) is 0 Å². The van der Waals surface area contributed by atoms with Crippen LogP contribution < -0.4 is 0 Å². The first kappa shape index (κ1) is 11.9. The van der Waals surface area contributed by atoms with Crippen LogP contribution in [0.3, 0.4) is 0 Å². The quantitative estimate of drug-likeness (QED) is 0.404. The molecule has 4 nitrogen and oxygen atoms in total. The predicted molar refractivity (Wildman–Crippen MR) is 49.8 cm³/mol. The Kier molecular flexibility index (Phi) is 5.93. The molecule has 0 aliphatic heterocycles. The number of rotatable bonds is 5. The number of nitrogens with one attached hydrogen (secondary N) is 1. The Morgan fingerprint density at radius 3 is 2.15 bits per heavy atom. The molecule has 0 aromatic carbocycles. The molecule has 76 valence electrons. The number of carbonyl (C=O) groups is 1. The van der Waals surface area contributed by atoms with Crippen LogP contribution in [0.2, 0.25) is 0 Å². The fourth-order valence-electron chi connectivity index (χ4n) is 0.958. The van der Waals surface area contributed by atoms with Crippen molar-refractivity contribution < 1.29 is 14.3 Å². The van der Waals surface area contributed by atoms with Crippen molar-refractivity contribution in [3.05, 3.63) is 0 Å². The average Bonchev–Trinajstić information content (AvgIpc) is 2.06. The molecule has 0 saturated carbocycles. The van der Waals surface area contributed by atoms with Crippen LogP contribution >= 0.6 is 0 Å². The molecule has 0 fully saturated rings. The summed E-state index contributed by atoms with van der Waals surface area (Å²) < 4.78 is 9.75. The average molecular weight is 187 g/mol. The molecule has 4 heteroatoms. The summed E-state index contributed by atoms with van der Waals surface area (Å²) in [6, 6.07) is 0. The third-order valence-corrected chi connectivity index (χ3v) is 1.60. The zero-order valence-electron chi connectivity index (χ0n) is 8.42. The molecule has 0 aromatic rings. The van der Waals surface area contributed by atoms with Gasteiger partial charge in [0.05, 0.1) is 13.2 Å². The fourth-order valence-corrected chi connectivity index (χ4v) is 0.958. The number of carbonyl (C=O) groups excluding carboxylic acids is 1. The number of esters is 1. The lowest BCUT2D eigenvalue weighted by Crippen LogP contribution is -2.26.